The van der Waals surface area contributed by atoms with Crippen molar-refractivity contribution >= 4 is 5.78 Å². The van der Waals surface area contributed by atoms with Crippen LogP contribution in [0.25, 0.3) is 0 Å². The fraction of sp³-hybridized carbons (Fsp3) is 0.868. The molecule has 314 valence electrons. The average molecular weight is 789 g/mol. The van der Waals surface area contributed by atoms with Crippen molar-refractivity contribution in [2.24, 2.45) is 28.1 Å². The van der Waals surface area contributed by atoms with E-state index < -0.39 is 123 Å². The van der Waals surface area contributed by atoms with Crippen LogP contribution in [-0.2, 0) is 33.2 Å². The van der Waals surface area contributed by atoms with Crippen LogP contribution in [0.5, 0.6) is 0 Å². The first kappa shape index (κ1) is 43.1. The first-order valence-corrected chi connectivity index (χ1v) is 19.3. The Morgan fingerprint density at radius 2 is 1.29 bits per heavy atom. The minimum atomic E-state index is -1.90. The van der Waals surface area contributed by atoms with Gasteiger partial charge in [-0.3, -0.25) is 4.79 Å². The molecule has 3 saturated heterocycles. The quantitative estimate of drug-likeness (QED) is 0.0828. The van der Waals surface area contributed by atoms with Gasteiger partial charge in [0.25, 0.3) is 0 Å². The smallest absolute Gasteiger partial charge is 0.187 e. The molecule has 55 heavy (non-hydrogen) atoms. The molecule has 17 nitrogen and oxygen atoms in total. The number of hydrogen-bond donors (Lipinski definition) is 10. The molecule has 0 unspecified atom stereocenters. The van der Waals surface area contributed by atoms with E-state index in [4.69, 9.17) is 28.4 Å². The van der Waals surface area contributed by atoms with Gasteiger partial charge in [0.05, 0.1) is 25.9 Å². The monoisotopic (exact) mass is 788 g/mol. The summed E-state index contributed by atoms with van der Waals surface area (Å²) >= 11 is 0. The number of aliphatic hydroxyl groups excluding tert-OH is 10. The Hall–Kier alpha value is -1.49. The third-order valence-corrected chi connectivity index (χ3v) is 13.6. The van der Waals surface area contributed by atoms with Crippen LogP contribution in [0.1, 0.15) is 59.8 Å². The molecule has 17 heteroatoms. The van der Waals surface area contributed by atoms with Crippen molar-refractivity contribution in [2.75, 3.05) is 19.8 Å². The van der Waals surface area contributed by atoms with Crippen molar-refractivity contribution in [3.63, 3.8) is 0 Å². The van der Waals surface area contributed by atoms with Crippen LogP contribution >= 0.6 is 0 Å². The number of ketones is 1. The Balaban J connectivity index is 1.19. The summed E-state index contributed by atoms with van der Waals surface area (Å²) in [5.74, 6) is 0.0598. The van der Waals surface area contributed by atoms with Gasteiger partial charge in [0, 0.05) is 11.8 Å². The van der Waals surface area contributed by atoms with Gasteiger partial charge in [-0.2, -0.15) is 0 Å². The zero-order valence-corrected chi connectivity index (χ0v) is 31.7. The number of aliphatic hydroxyl groups is 10. The Morgan fingerprint density at radius 3 is 1.91 bits per heavy atom. The summed E-state index contributed by atoms with van der Waals surface area (Å²) in [6, 6.07) is 0. The normalized spacial score (nSPS) is 51.5. The molecule has 3 aliphatic heterocycles. The highest BCUT2D eigenvalue weighted by Gasteiger charge is 2.61. The van der Waals surface area contributed by atoms with E-state index in [1.54, 1.807) is 0 Å². The molecule has 0 radical (unpaired) electrons. The highest BCUT2D eigenvalue weighted by atomic mass is 16.8. The molecule has 5 fully saturated rings. The van der Waals surface area contributed by atoms with Crippen LogP contribution in [-0.4, -0.2) is 175 Å². The van der Waals surface area contributed by atoms with Crippen LogP contribution in [0.3, 0.4) is 0 Å². The lowest BCUT2D eigenvalue weighted by Crippen LogP contribution is -2.66. The second kappa shape index (κ2) is 16.3. The summed E-state index contributed by atoms with van der Waals surface area (Å²) in [6.07, 6.45) is -17.9. The molecule has 0 aromatic heterocycles. The maximum atomic E-state index is 13.8. The van der Waals surface area contributed by atoms with Crippen molar-refractivity contribution in [3.05, 3.63) is 24.3 Å². The molecule has 0 bridgehead atoms. The molecule has 0 amide bonds. The maximum absolute atomic E-state index is 13.8. The van der Waals surface area contributed by atoms with Crippen molar-refractivity contribution in [1.29, 1.82) is 0 Å². The van der Waals surface area contributed by atoms with E-state index in [1.807, 2.05) is 19.9 Å². The summed E-state index contributed by atoms with van der Waals surface area (Å²) in [6.45, 7) is 10.4. The van der Waals surface area contributed by atoms with Gasteiger partial charge < -0.3 is 79.5 Å². The Morgan fingerprint density at radius 1 is 0.727 bits per heavy atom. The highest BCUT2D eigenvalue weighted by molar-refractivity contribution is 5.97. The predicted octanol–water partition coefficient (Wildman–Crippen LogP) is -2.24. The van der Waals surface area contributed by atoms with Gasteiger partial charge in [-0.15, -0.1) is 6.58 Å². The molecule has 6 aliphatic rings. The van der Waals surface area contributed by atoms with E-state index in [9.17, 15) is 55.9 Å². The van der Waals surface area contributed by atoms with Crippen molar-refractivity contribution < 1.29 is 84.3 Å². The van der Waals surface area contributed by atoms with Crippen molar-refractivity contribution in [3.8, 4) is 0 Å². The first-order valence-electron chi connectivity index (χ1n) is 19.3. The zero-order chi connectivity index (χ0) is 40.4. The number of rotatable bonds is 10. The first-order chi connectivity index (χ1) is 25.8. The molecule has 2 saturated carbocycles. The van der Waals surface area contributed by atoms with Gasteiger partial charge in [0.2, 0.25) is 0 Å². The van der Waals surface area contributed by atoms with Gasteiger partial charge in [0.15, 0.2) is 24.7 Å². The van der Waals surface area contributed by atoms with Crippen LogP contribution in [0.4, 0.5) is 0 Å². The summed E-state index contributed by atoms with van der Waals surface area (Å²) < 4.78 is 35.2. The standard InChI is InChI=1S/C38H60O17/c1-6-37(4)9-7-17-16(12-37)18(41)11-22-36(2,3)23(8-10-38(17,22)5)54-35-32(29(47)25(43)20(14-40)52-35)55-34-31(49)28(46)26(44)21(53-34)15-50-33-30(48)27(45)24(42)19(13-39)51-33/h6,12,17,19-35,39-40,42-49H,1,7-11,13-15H2,2-5H3/t17-,19+,20+,21+,22-,23-,24-,25-,26-,27-,28-,29-,30+,31+,32+,33+,34-,35-,37-,38+/m0/s1. The molecule has 0 spiro atoms. The summed E-state index contributed by atoms with van der Waals surface area (Å²) in [5, 5.41) is 105. The molecular formula is C38H60O17. The number of allylic oxidation sites excluding steroid dienone is 3. The third-order valence-electron chi connectivity index (χ3n) is 13.6. The van der Waals surface area contributed by atoms with Gasteiger partial charge in [-0.1, -0.05) is 39.8 Å². The fourth-order valence-electron chi connectivity index (χ4n) is 9.97. The summed E-state index contributed by atoms with van der Waals surface area (Å²) in [5.41, 5.74) is -0.221. The number of carbonyl (C=O) groups excluding carboxylic acids is 1. The lowest BCUT2D eigenvalue weighted by molar-refractivity contribution is -0.381. The highest BCUT2D eigenvalue weighted by Crippen LogP contribution is 2.63. The number of hydrogen-bond acceptors (Lipinski definition) is 17. The van der Waals surface area contributed by atoms with Crippen LogP contribution in [0.2, 0.25) is 0 Å². The second-order valence-electron chi connectivity index (χ2n) is 17.4. The van der Waals surface area contributed by atoms with Crippen molar-refractivity contribution in [2.45, 2.75) is 158 Å². The molecule has 10 N–H and O–H groups in total. The molecule has 0 aromatic rings. The van der Waals surface area contributed by atoms with Gasteiger partial charge >= 0.3 is 0 Å². The van der Waals surface area contributed by atoms with E-state index in [-0.39, 0.29) is 28.4 Å². The Kier molecular flexibility index (Phi) is 12.8. The van der Waals surface area contributed by atoms with Crippen LogP contribution < -0.4 is 0 Å². The fourth-order valence-corrected chi connectivity index (χ4v) is 9.97. The van der Waals surface area contributed by atoms with Gasteiger partial charge in [0.1, 0.15) is 73.2 Å². The third kappa shape index (κ3) is 7.75. The SMILES string of the molecule is C=C[C@]1(C)C=C2C(=O)C[C@H]3C(C)(C)[C@@H](O[C@@H]4O[C@H](CO)[C@H](O)[C@H](O)[C@H]4O[C@@H]4O[C@H](CO[C@@H]5O[C@H](CO)[C@H](O)[C@H](O)[C@H]5O)[C@H](O)[C@H](O)[C@H]4O)CC[C@]3(C)[C@H]2CC1. The number of fused-ring (bicyclic) bond motifs is 3. The Bertz CT molecular complexity index is 1410. The number of Topliss-reactive ketones (excluding diaryl/α,β-unsaturated/α-hetero) is 1. The van der Waals surface area contributed by atoms with E-state index in [0.29, 0.717) is 19.3 Å². The topological polar surface area (TPSA) is 275 Å². The van der Waals surface area contributed by atoms with E-state index in [0.717, 1.165) is 18.4 Å². The Labute approximate surface area is 320 Å². The summed E-state index contributed by atoms with van der Waals surface area (Å²) in [7, 11) is 0. The van der Waals surface area contributed by atoms with E-state index in [2.05, 4.69) is 26.5 Å². The maximum Gasteiger partial charge on any atom is 0.187 e. The zero-order valence-electron chi connectivity index (χ0n) is 31.7. The summed E-state index contributed by atoms with van der Waals surface area (Å²) in [4.78, 5) is 13.8. The molecule has 20 atom stereocenters. The lowest BCUT2D eigenvalue weighted by Gasteiger charge is -2.61. The second-order valence-corrected chi connectivity index (χ2v) is 17.4. The van der Waals surface area contributed by atoms with Crippen LogP contribution in [0, 0.1) is 28.1 Å². The minimum Gasteiger partial charge on any atom is -0.394 e. The molecule has 3 aliphatic carbocycles. The minimum absolute atomic E-state index is 0.0640. The lowest BCUT2D eigenvalue weighted by atomic mass is 9.44. The number of ether oxygens (including phenoxy) is 6. The average Bonchev–Trinajstić information content (AvgIpc) is 3.15. The van der Waals surface area contributed by atoms with E-state index >= 15 is 0 Å². The molecule has 0 aromatic carbocycles. The van der Waals surface area contributed by atoms with Crippen LogP contribution in [0.15, 0.2) is 24.3 Å². The van der Waals surface area contributed by atoms with E-state index in [1.165, 1.54) is 0 Å². The van der Waals surface area contributed by atoms with Gasteiger partial charge in [-0.05, 0) is 53.9 Å². The number of carbonyl (C=O) groups is 1. The molecule has 3 heterocycles. The van der Waals surface area contributed by atoms with Crippen molar-refractivity contribution in [1.82, 2.24) is 0 Å². The largest absolute Gasteiger partial charge is 0.394 e. The molecule has 6 rings (SSSR count). The molecular weight excluding hydrogens is 728 g/mol. The predicted molar refractivity (Wildman–Crippen MR) is 187 cm³/mol. The van der Waals surface area contributed by atoms with Gasteiger partial charge in [-0.25, -0.2) is 0 Å².